The molecule has 3 fully saturated rings. The molecule has 0 amide bonds. The summed E-state index contributed by atoms with van der Waals surface area (Å²) in [4.78, 5) is 17.1. The quantitative estimate of drug-likeness (QED) is 0.0964. The van der Waals surface area contributed by atoms with Crippen LogP contribution in [0.5, 0.6) is 5.75 Å². The van der Waals surface area contributed by atoms with Gasteiger partial charge in [-0.05, 0) is 104 Å². The van der Waals surface area contributed by atoms with Crippen molar-refractivity contribution in [3.05, 3.63) is 114 Å². The molecule has 3 N–H and O–H groups in total. The van der Waals surface area contributed by atoms with E-state index in [0.29, 0.717) is 51.1 Å². The number of piperidine rings is 2. The van der Waals surface area contributed by atoms with Crippen LogP contribution in [0, 0.1) is 5.92 Å². The molecule has 0 saturated carbocycles. The standard InChI is InChI=1S/C50H60ClN10O2P/c1-58-34-40(31-54-58)42-28-45(56-50-53-32-43(51)49(57-50)55-44-17-14-38(27-48(44)64(3,4)62)36-9-6-5-7-10-36)47(63-2)29-46(42)61-21-18-35(19-22-61)33-59-23-25-60(26-24-59)41-15-12-37(13-16-41)39-11-8-20-52-30-39/h5-7,9-10,12-17,27-29,31-32,34-35,39,52H,8,11,18-26,30,33H2,1-4H3,(H2,53,55,56,57). The average Bonchev–Trinajstić information content (AvgIpc) is 3.76. The van der Waals surface area contributed by atoms with Gasteiger partial charge >= 0.3 is 0 Å². The third kappa shape index (κ3) is 10.1. The van der Waals surface area contributed by atoms with E-state index in [2.05, 4.69) is 77.1 Å². The van der Waals surface area contributed by atoms with E-state index in [1.54, 1.807) is 26.6 Å². The van der Waals surface area contributed by atoms with Crippen molar-refractivity contribution in [3.63, 3.8) is 0 Å². The molecule has 0 aliphatic carbocycles. The average molecular weight is 900 g/mol. The molecule has 1 atom stereocenters. The van der Waals surface area contributed by atoms with Gasteiger partial charge in [-0.15, -0.1) is 0 Å². The summed E-state index contributed by atoms with van der Waals surface area (Å²) in [6.45, 7) is 13.2. The Hall–Kier alpha value is -5.39. The molecule has 1 unspecified atom stereocenters. The second-order valence-electron chi connectivity index (χ2n) is 17.9. The van der Waals surface area contributed by atoms with Crippen molar-refractivity contribution in [1.82, 2.24) is 30.0 Å². The minimum Gasteiger partial charge on any atom is -0.494 e. The molecule has 2 aromatic heterocycles. The molecule has 3 saturated heterocycles. The maximum atomic E-state index is 13.6. The van der Waals surface area contributed by atoms with Gasteiger partial charge in [0.2, 0.25) is 5.95 Å². The number of aromatic nitrogens is 4. The lowest BCUT2D eigenvalue weighted by Gasteiger charge is -2.40. The number of ether oxygens (including phenoxy) is 1. The van der Waals surface area contributed by atoms with Crippen LogP contribution >= 0.6 is 18.7 Å². The number of piperazine rings is 1. The highest BCUT2D eigenvalue weighted by atomic mass is 35.5. The molecule has 5 heterocycles. The number of rotatable bonds is 13. The van der Waals surface area contributed by atoms with Crippen LogP contribution in [0.15, 0.2) is 104 Å². The zero-order valence-electron chi connectivity index (χ0n) is 37.4. The maximum Gasteiger partial charge on any atom is 0.229 e. The van der Waals surface area contributed by atoms with Gasteiger partial charge in [0, 0.05) is 99.5 Å². The van der Waals surface area contributed by atoms with E-state index in [4.69, 9.17) is 21.3 Å². The van der Waals surface area contributed by atoms with Gasteiger partial charge in [-0.3, -0.25) is 9.58 Å². The van der Waals surface area contributed by atoms with Crippen molar-refractivity contribution in [3.8, 4) is 28.0 Å². The van der Waals surface area contributed by atoms with E-state index >= 15 is 0 Å². The van der Waals surface area contributed by atoms with E-state index in [1.165, 1.54) is 24.1 Å². The second-order valence-corrected chi connectivity index (χ2v) is 21.5. The third-order valence-corrected chi connectivity index (χ3v) is 14.9. The van der Waals surface area contributed by atoms with Crippen LogP contribution in [0.4, 0.5) is 34.5 Å². The molecule has 3 aliphatic heterocycles. The smallest absolute Gasteiger partial charge is 0.229 e. The lowest BCUT2D eigenvalue weighted by Crippen LogP contribution is -2.49. The fraction of sp³-hybridized carbons (Fsp3) is 0.380. The van der Waals surface area contributed by atoms with Gasteiger partial charge in [-0.25, -0.2) is 4.98 Å². The van der Waals surface area contributed by atoms with Gasteiger partial charge in [0.1, 0.15) is 17.9 Å². The normalized spacial score (nSPS) is 17.7. The number of aryl methyl sites for hydroxylation is 1. The molecule has 0 radical (unpaired) electrons. The van der Waals surface area contributed by atoms with E-state index in [-0.39, 0.29) is 0 Å². The molecule has 64 heavy (non-hydrogen) atoms. The summed E-state index contributed by atoms with van der Waals surface area (Å²) in [6.07, 6.45) is 10.3. The molecule has 3 aliphatic rings. The highest BCUT2D eigenvalue weighted by Crippen LogP contribution is 2.43. The van der Waals surface area contributed by atoms with E-state index < -0.39 is 7.14 Å². The van der Waals surface area contributed by atoms with Crippen molar-refractivity contribution in [2.24, 2.45) is 13.0 Å². The summed E-state index contributed by atoms with van der Waals surface area (Å²) in [5.41, 5.74) is 9.42. The van der Waals surface area contributed by atoms with Gasteiger partial charge in [0.15, 0.2) is 5.82 Å². The van der Waals surface area contributed by atoms with Crippen LogP contribution in [0.25, 0.3) is 22.3 Å². The lowest BCUT2D eigenvalue weighted by molar-refractivity contribution is 0.201. The fourth-order valence-electron chi connectivity index (χ4n) is 9.55. The summed E-state index contributed by atoms with van der Waals surface area (Å²) in [5.74, 6) is 2.70. The van der Waals surface area contributed by atoms with Crippen LogP contribution in [-0.2, 0) is 11.6 Å². The van der Waals surface area contributed by atoms with Crippen LogP contribution < -0.4 is 35.8 Å². The number of benzene rings is 4. The largest absolute Gasteiger partial charge is 0.494 e. The number of nitrogens with zero attached hydrogens (tertiary/aromatic N) is 7. The predicted octanol–water partition coefficient (Wildman–Crippen LogP) is 9.45. The number of halogens is 1. The first kappa shape index (κ1) is 43.8. The van der Waals surface area contributed by atoms with E-state index in [0.717, 1.165) is 99.7 Å². The van der Waals surface area contributed by atoms with Crippen LogP contribution in [0.3, 0.4) is 0 Å². The Kier molecular flexibility index (Phi) is 13.3. The summed E-state index contributed by atoms with van der Waals surface area (Å²) < 4.78 is 21.5. The Bertz CT molecular complexity index is 2580. The van der Waals surface area contributed by atoms with Gasteiger partial charge in [0.05, 0.1) is 30.9 Å². The maximum absolute atomic E-state index is 13.6. The Morgan fingerprint density at radius 1 is 0.828 bits per heavy atom. The third-order valence-electron chi connectivity index (χ3n) is 13.1. The molecule has 9 rings (SSSR count). The first-order valence-electron chi connectivity index (χ1n) is 22.6. The van der Waals surface area contributed by atoms with Crippen LogP contribution in [0.1, 0.15) is 37.2 Å². The number of hydrogen-bond donors (Lipinski definition) is 3. The van der Waals surface area contributed by atoms with Gasteiger partial charge in [-0.2, -0.15) is 10.1 Å². The molecule has 12 nitrogen and oxygen atoms in total. The molecule has 0 bridgehead atoms. The summed E-state index contributed by atoms with van der Waals surface area (Å²) in [6, 6.07) is 29.6. The first-order valence-corrected chi connectivity index (χ1v) is 25.6. The fourth-order valence-corrected chi connectivity index (χ4v) is 10.8. The Morgan fingerprint density at radius 2 is 1.61 bits per heavy atom. The van der Waals surface area contributed by atoms with Gasteiger partial charge < -0.3 is 35.1 Å². The van der Waals surface area contributed by atoms with E-state index in [9.17, 15) is 4.57 Å². The Balaban J connectivity index is 0.872. The number of methoxy groups -OCH3 is 1. The molecular weight excluding hydrogens is 839 g/mol. The Morgan fingerprint density at radius 3 is 2.30 bits per heavy atom. The van der Waals surface area contributed by atoms with Crippen molar-refractivity contribution in [2.45, 2.75) is 31.6 Å². The van der Waals surface area contributed by atoms with Crippen molar-refractivity contribution in [1.29, 1.82) is 0 Å². The first-order chi connectivity index (χ1) is 31.1. The predicted molar refractivity (Wildman–Crippen MR) is 265 cm³/mol. The van der Waals surface area contributed by atoms with Crippen molar-refractivity contribution in [2.75, 3.05) is 99.8 Å². The minimum absolute atomic E-state index is 0.334. The molecule has 6 aromatic rings. The van der Waals surface area contributed by atoms with Crippen molar-refractivity contribution < 1.29 is 9.30 Å². The molecule has 4 aromatic carbocycles. The lowest BCUT2D eigenvalue weighted by atomic mass is 9.91. The summed E-state index contributed by atoms with van der Waals surface area (Å²) in [7, 11) is 0.921. The van der Waals surface area contributed by atoms with Crippen LogP contribution in [-0.4, -0.2) is 104 Å². The van der Waals surface area contributed by atoms with Crippen molar-refractivity contribution >= 4 is 58.6 Å². The monoisotopic (exact) mass is 898 g/mol. The van der Waals surface area contributed by atoms with Gasteiger partial charge in [0.25, 0.3) is 0 Å². The number of hydrogen-bond acceptors (Lipinski definition) is 11. The highest BCUT2D eigenvalue weighted by molar-refractivity contribution is 7.70. The minimum atomic E-state index is -2.71. The van der Waals surface area contributed by atoms with E-state index in [1.807, 2.05) is 72.7 Å². The zero-order chi connectivity index (χ0) is 44.2. The SMILES string of the molecule is COc1cc(N2CCC(CN3CCN(c4ccc(C5CCCNC5)cc4)CC3)CC2)c(-c2cnn(C)c2)cc1Nc1ncc(Cl)c(Nc2ccc(-c3ccccc3)cc2P(C)(C)=O)n1. The second kappa shape index (κ2) is 19.4. The number of nitrogens with one attached hydrogen (secondary N) is 3. The summed E-state index contributed by atoms with van der Waals surface area (Å²) in [5, 5.41) is 15.9. The zero-order valence-corrected chi connectivity index (χ0v) is 39.1. The highest BCUT2D eigenvalue weighted by Gasteiger charge is 2.27. The molecule has 0 spiro atoms. The Labute approximate surface area is 382 Å². The summed E-state index contributed by atoms with van der Waals surface area (Å²) >= 11 is 6.70. The molecule has 14 heteroatoms. The molecular formula is C50H60ClN10O2P. The van der Waals surface area contributed by atoms with Crippen LogP contribution in [0.2, 0.25) is 5.02 Å². The number of anilines is 6. The molecule has 334 valence electrons. The topological polar surface area (TPSA) is 116 Å². The van der Waals surface area contributed by atoms with Gasteiger partial charge in [-0.1, -0.05) is 60.1 Å².